The van der Waals surface area contributed by atoms with Crippen molar-refractivity contribution in [1.29, 1.82) is 0 Å². The molecular formula is C20H22N2O4. The average molecular weight is 354 g/mol. The normalized spacial score (nSPS) is 9.96. The number of aromatic nitrogens is 2. The highest BCUT2D eigenvalue weighted by Gasteiger charge is 2.05. The number of esters is 1. The van der Waals surface area contributed by atoms with E-state index >= 15 is 0 Å². The highest BCUT2D eigenvalue weighted by Crippen LogP contribution is 2.11. The maximum Gasteiger partial charge on any atom is 0.306 e. The molecule has 0 unspecified atom stereocenters. The third-order valence-electron chi connectivity index (χ3n) is 3.62. The van der Waals surface area contributed by atoms with Gasteiger partial charge in [-0.15, -0.1) is 0 Å². The van der Waals surface area contributed by atoms with Crippen molar-refractivity contribution >= 4 is 5.97 Å². The van der Waals surface area contributed by atoms with Crippen molar-refractivity contribution in [3.8, 4) is 17.6 Å². The Balaban J connectivity index is 2.13. The lowest BCUT2D eigenvalue weighted by molar-refractivity contribution is -0.142. The van der Waals surface area contributed by atoms with Crippen LogP contribution in [0, 0.1) is 18.8 Å². The zero-order chi connectivity index (χ0) is 18.9. The molecule has 0 aliphatic carbocycles. The Kier molecular flexibility index (Phi) is 6.98. The van der Waals surface area contributed by atoms with Crippen LogP contribution in [-0.2, 0) is 16.1 Å². The minimum Gasteiger partial charge on any atom is -0.497 e. The van der Waals surface area contributed by atoms with Crippen LogP contribution >= 0.6 is 0 Å². The predicted octanol–water partition coefficient (Wildman–Crippen LogP) is 2.30. The lowest BCUT2D eigenvalue weighted by Gasteiger charge is -2.07. The van der Waals surface area contributed by atoms with Crippen molar-refractivity contribution in [3.63, 3.8) is 0 Å². The average Bonchev–Trinajstić information content (AvgIpc) is 2.63. The van der Waals surface area contributed by atoms with Gasteiger partial charge in [0.05, 0.1) is 26.7 Å². The topological polar surface area (TPSA) is 70.4 Å². The Labute approximate surface area is 152 Å². The number of methoxy groups -OCH3 is 1. The first-order valence-electron chi connectivity index (χ1n) is 8.39. The first-order valence-corrected chi connectivity index (χ1v) is 8.39. The molecule has 0 spiro atoms. The molecular weight excluding hydrogens is 332 g/mol. The predicted molar refractivity (Wildman–Crippen MR) is 98.1 cm³/mol. The fraction of sp³-hybridized carbons (Fsp3) is 0.350. The van der Waals surface area contributed by atoms with Gasteiger partial charge in [0.2, 0.25) is 0 Å². The fourth-order valence-corrected chi connectivity index (χ4v) is 2.30. The van der Waals surface area contributed by atoms with Gasteiger partial charge in [0.25, 0.3) is 5.56 Å². The molecule has 0 amide bonds. The summed E-state index contributed by atoms with van der Waals surface area (Å²) in [7, 11) is 1.61. The Bertz CT molecular complexity index is 873. The first-order chi connectivity index (χ1) is 12.5. The van der Waals surface area contributed by atoms with Crippen molar-refractivity contribution in [1.82, 2.24) is 9.78 Å². The van der Waals surface area contributed by atoms with Crippen molar-refractivity contribution in [2.75, 3.05) is 13.7 Å². The summed E-state index contributed by atoms with van der Waals surface area (Å²) >= 11 is 0. The smallest absolute Gasteiger partial charge is 0.306 e. The van der Waals surface area contributed by atoms with Gasteiger partial charge in [-0.2, -0.15) is 5.10 Å². The number of ether oxygens (including phenoxy) is 2. The van der Waals surface area contributed by atoms with Crippen molar-refractivity contribution in [3.05, 3.63) is 57.5 Å². The molecule has 0 radical (unpaired) electrons. The van der Waals surface area contributed by atoms with E-state index in [2.05, 4.69) is 16.9 Å². The third kappa shape index (κ3) is 5.49. The molecule has 0 fully saturated rings. The molecule has 0 N–H and O–H groups in total. The lowest BCUT2D eigenvalue weighted by atomic mass is 10.2. The molecule has 1 aromatic heterocycles. The van der Waals surface area contributed by atoms with Gasteiger partial charge in [-0.05, 0) is 43.5 Å². The molecule has 1 aromatic carbocycles. The number of aryl methyl sites for hydroxylation is 1. The molecule has 0 aliphatic heterocycles. The van der Waals surface area contributed by atoms with Gasteiger partial charge in [0, 0.05) is 12.0 Å². The summed E-state index contributed by atoms with van der Waals surface area (Å²) in [5, 5.41) is 4.31. The number of carbonyl (C=O) groups excluding carboxylic acids is 1. The van der Waals surface area contributed by atoms with Crippen LogP contribution in [0.5, 0.6) is 5.75 Å². The van der Waals surface area contributed by atoms with E-state index in [1.807, 2.05) is 24.3 Å². The second-order valence-electron chi connectivity index (χ2n) is 5.63. The highest BCUT2D eigenvalue weighted by molar-refractivity contribution is 5.69. The van der Waals surface area contributed by atoms with E-state index in [0.29, 0.717) is 30.8 Å². The maximum absolute atomic E-state index is 12.3. The molecule has 26 heavy (non-hydrogen) atoms. The molecule has 0 bridgehead atoms. The van der Waals surface area contributed by atoms with Gasteiger partial charge in [-0.3, -0.25) is 9.59 Å². The summed E-state index contributed by atoms with van der Waals surface area (Å²) in [6.45, 7) is 4.21. The summed E-state index contributed by atoms with van der Waals surface area (Å²) in [5.74, 6) is 6.29. The van der Waals surface area contributed by atoms with Crippen LogP contribution in [0.25, 0.3) is 0 Å². The standard InChI is InChI=1S/C20H22N2O4/c1-4-26-19(23)8-6-5-7-17-13-15(2)20(24)22(21-17)14-16-9-11-18(25-3)12-10-16/h9-13H,4,6,8,14H2,1-3H3. The quantitative estimate of drug-likeness (QED) is 0.588. The number of rotatable bonds is 6. The fourth-order valence-electron chi connectivity index (χ4n) is 2.30. The van der Waals surface area contributed by atoms with E-state index in [0.717, 1.165) is 11.3 Å². The van der Waals surface area contributed by atoms with Gasteiger partial charge in [-0.25, -0.2) is 4.68 Å². The Morgan fingerprint density at radius 2 is 2.00 bits per heavy atom. The van der Waals surface area contributed by atoms with Gasteiger partial charge >= 0.3 is 5.97 Å². The second kappa shape index (κ2) is 9.42. The van der Waals surface area contributed by atoms with Crippen LogP contribution in [0.4, 0.5) is 0 Å². The van der Waals surface area contributed by atoms with E-state index in [1.54, 1.807) is 27.0 Å². The second-order valence-corrected chi connectivity index (χ2v) is 5.63. The van der Waals surface area contributed by atoms with Gasteiger partial charge < -0.3 is 9.47 Å². The monoisotopic (exact) mass is 354 g/mol. The van der Waals surface area contributed by atoms with Crippen molar-refractivity contribution < 1.29 is 14.3 Å². The minimum atomic E-state index is -0.268. The summed E-state index contributed by atoms with van der Waals surface area (Å²) in [4.78, 5) is 23.6. The molecule has 0 atom stereocenters. The highest BCUT2D eigenvalue weighted by atomic mass is 16.5. The Morgan fingerprint density at radius 3 is 2.65 bits per heavy atom. The van der Waals surface area contributed by atoms with E-state index in [4.69, 9.17) is 9.47 Å². The van der Waals surface area contributed by atoms with Gasteiger partial charge in [-0.1, -0.05) is 18.1 Å². The summed E-state index contributed by atoms with van der Waals surface area (Å²) in [5.41, 5.74) is 1.85. The number of carbonyl (C=O) groups is 1. The SMILES string of the molecule is CCOC(=O)CCC#Cc1cc(C)c(=O)n(Cc2ccc(OC)cc2)n1. The molecule has 0 saturated heterocycles. The first kappa shape index (κ1) is 19.3. The van der Waals surface area contributed by atoms with Gasteiger partial charge in [0.15, 0.2) is 0 Å². The van der Waals surface area contributed by atoms with Crippen LogP contribution in [-0.4, -0.2) is 29.5 Å². The molecule has 136 valence electrons. The summed E-state index contributed by atoms with van der Waals surface area (Å²) < 4.78 is 11.4. The van der Waals surface area contributed by atoms with Crippen LogP contribution < -0.4 is 10.3 Å². The summed E-state index contributed by atoms with van der Waals surface area (Å²) in [6.07, 6.45) is 0.627. The number of nitrogens with zero attached hydrogens (tertiary/aromatic N) is 2. The van der Waals surface area contributed by atoms with E-state index < -0.39 is 0 Å². The van der Waals surface area contributed by atoms with E-state index in [1.165, 1.54) is 4.68 Å². The van der Waals surface area contributed by atoms with Crippen LogP contribution in [0.1, 0.15) is 36.6 Å². The molecule has 6 nitrogen and oxygen atoms in total. The van der Waals surface area contributed by atoms with E-state index in [-0.39, 0.29) is 17.9 Å². The van der Waals surface area contributed by atoms with Crippen molar-refractivity contribution in [2.45, 2.75) is 33.2 Å². The molecule has 0 aliphatic rings. The Morgan fingerprint density at radius 1 is 1.27 bits per heavy atom. The molecule has 6 heteroatoms. The number of benzene rings is 1. The van der Waals surface area contributed by atoms with Crippen molar-refractivity contribution in [2.24, 2.45) is 0 Å². The number of hydrogen-bond donors (Lipinski definition) is 0. The third-order valence-corrected chi connectivity index (χ3v) is 3.62. The lowest BCUT2D eigenvalue weighted by Crippen LogP contribution is -2.26. The van der Waals surface area contributed by atoms with Crippen LogP contribution in [0.15, 0.2) is 35.1 Å². The Hall–Kier alpha value is -3.07. The molecule has 2 aromatic rings. The largest absolute Gasteiger partial charge is 0.497 e. The molecule has 1 heterocycles. The summed E-state index contributed by atoms with van der Waals surface area (Å²) in [6, 6.07) is 9.11. The van der Waals surface area contributed by atoms with Gasteiger partial charge in [0.1, 0.15) is 11.4 Å². The van der Waals surface area contributed by atoms with Crippen LogP contribution in [0.2, 0.25) is 0 Å². The zero-order valence-corrected chi connectivity index (χ0v) is 15.2. The van der Waals surface area contributed by atoms with E-state index in [9.17, 15) is 9.59 Å². The maximum atomic E-state index is 12.3. The molecule has 2 rings (SSSR count). The zero-order valence-electron chi connectivity index (χ0n) is 15.2. The van der Waals surface area contributed by atoms with Crippen LogP contribution in [0.3, 0.4) is 0 Å². The number of hydrogen-bond acceptors (Lipinski definition) is 5. The molecule has 0 saturated carbocycles. The minimum absolute atomic E-state index is 0.155.